The zero-order chi connectivity index (χ0) is 17.6. The van der Waals surface area contributed by atoms with Gasteiger partial charge in [0.15, 0.2) is 0 Å². The number of anilines is 2. The second-order valence-corrected chi connectivity index (χ2v) is 6.51. The summed E-state index contributed by atoms with van der Waals surface area (Å²) in [7, 11) is 0. The van der Waals surface area contributed by atoms with E-state index in [2.05, 4.69) is 22.9 Å². The van der Waals surface area contributed by atoms with Gasteiger partial charge in [0.25, 0.3) is 5.91 Å². The summed E-state index contributed by atoms with van der Waals surface area (Å²) in [5.41, 5.74) is 1.68. The number of urea groups is 1. The lowest BCUT2D eigenvalue weighted by Gasteiger charge is -2.29. The molecule has 3 N–H and O–H groups in total. The minimum absolute atomic E-state index is 0.211. The summed E-state index contributed by atoms with van der Waals surface area (Å²) in [6.07, 6.45) is 7.40. The Morgan fingerprint density at radius 1 is 1.08 bits per heavy atom. The summed E-state index contributed by atoms with van der Waals surface area (Å²) in [6.45, 7) is 2.18. The molecule has 1 heterocycles. The van der Waals surface area contributed by atoms with E-state index in [0.29, 0.717) is 22.9 Å². The molecule has 0 bridgehead atoms. The van der Waals surface area contributed by atoms with E-state index >= 15 is 0 Å². The highest BCUT2D eigenvalue weighted by atomic mass is 16.3. The Labute approximate surface area is 147 Å². The van der Waals surface area contributed by atoms with Gasteiger partial charge in [-0.25, -0.2) is 4.79 Å². The van der Waals surface area contributed by atoms with Crippen molar-refractivity contribution in [2.45, 2.75) is 38.6 Å². The van der Waals surface area contributed by atoms with Crippen molar-refractivity contribution in [3.63, 3.8) is 0 Å². The first-order chi connectivity index (χ1) is 12.1. The van der Waals surface area contributed by atoms with Crippen LogP contribution in [0.5, 0.6) is 0 Å². The largest absolute Gasteiger partial charge is 0.472 e. The minimum Gasteiger partial charge on any atom is -0.472 e. The Hall–Kier alpha value is -2.76. The lowest BCUT2D eigenvalue weighted by Crippen LogP contribution is -2.43. The fourth-order valence-corrected chi connectivity index (χ4v) is 3.14. The maximum atomic E-state index is 12.2. The first kappa shape index (κ1) is 17.1. The molecule has 0 radical (unpaired) electrons. The third-order valence-electron chi connectivity index (χ3n) is 4.59. The lowest BCUT2D eigenvalue weighted by atomic mass is 9.86. The molecule has 2 aromatic rings. The fraction of sp³-hybridized carbons (Fsp3) is 0.368. The van der Waals surface area contributed by atoms with E-state index in [1.54, 1.807) is 30.3 Å². The SMILES string of the molecule is CC1CCCCC1NC(=O)Nc1cccc(NC(=O)c2ccoc2)c1. The van der Waals surface area contributed by atoms with Crippen molar-refractivity contribution in [2.75, 3.05) is 10.6 Å². The smallest absolute Gasteiger partial charge is 0.319 e. The van der Waals surface area contributed by atoms with Gasteiger partial charge in [-0.15, -0.1) is 0 Å². The van der Waals surface area contributed by atoms with E-state index in [-0.39, 0.29) is 18.0 Å². The molecule has 1 aliphatic carbocycles. The van der Waals surface area contributed by atoms with Gasteiger partial charge in [0.2, 0.25) is 0 Å². The van der Waals surface area contributed by atoms with Crippen LogP contribution in [0.25, 0.3) is 0 Å². The molecule has 6 nitrogen and oxygen atoms in total. The molecule has 1 fully saturated rings. The van der Waals surface area contributed by atoms with Crippen molar-refractivity contribution >= 4 is 23.3 Å². The van der Waals surface area contributed by atoms with Crippen molar-refractivity contribution in [1.82, 2.24) is 5.32 Å². The Morgan fingerprint density at radius 2 is 1.84 bits per heavy atom. The summed E-state index contributed by atoms with van der Waals surface area (Å²) in [5.74, 6) is 0.242. The van der Waals surface area contributed by atoms with E-state index in [0.717, 1.165) is 19.3 Å². The molecular weight excluding hydrogens is 318 g/mol. The average Bonchev–Trinajstić information content (AvgIpc) is 3.12. The van der Waals surface area contributed by atoms with Crippen molar-refractivity contribution in [3.8, 4) is 0 Å². The Morgan fingerprint density at radius 3 is 2.56 bits per heavy atom. The number of carbonyl (C=O) groups is 2. The van der Waals surface area contributed by atoms with E-state index < -0.39 is 0 Å². The number of nitrogens with one attached hydrogen (secondary N) is 3. The predicted molar refractivity (Wildman–Crippen MR) is 96.7 cm³/mol. The number of benzene rings is 1. The topological polar surface area (TPSA) is 83.4 Å². The van der Waals surface area contributed by atoms with Crippen LogP contribution in [0.2, 0.25) is 0 Å². The monoisotopic (exact) mass is 341 g/mol. The van der Waals surface area contributed by atoms with Crippen molar-refractivity contribution in [1.29, 1.82) is 0 Å². The molecule has 6 heteroatoms. The standard InChI is InChI=1S/C19H23N3O3/c1-13-5-2-3-8-17(13)22-19(24)21-16-7-4-6-15(11-16)20-18(23)14-9-10-25-12-14/h4,6-7,9-13,17H,2-3,5,8H2,1H3,(H,20,23)(H2,21,22,24). The van der Waals surface area contributed by atoms with Gasteiger partial charge in [-0.3, -0.25) is 4.79 Å². The molecule has 3 amide bonds. The summed E-state index contributed by atoms with van der Waals surface area (Å²) in [4.78, 5) is 24.3. The van der Waals surface area contributed by atoms with E-state index in [1.807, 2.05) is 0 Å². The van der Waals surface area contributed by atoms with Crippen LogP contribution < -0.4 is 16.0 Å². The van der Waals surface area contributed by atoms with Crippen LogP contribution in [-0.2, 0) is 0 Å². The number of hydrogen-bond acceptors (Lipinski definition) is 3. The number of rotatable bonds is 4. The molecule has 2 atom stereocenters. The van der Waals surface area contributed by atoms with Gasteiger partial charge in [-0.05, 0) is 43.0 Å². The third kappa shape index (κ3) is 4.62. The van der Waals surface area contributed by atoms with Gasteiger partial charge in [-0.2, -0.15) is 0 Å². The van der Waals surface area contributed by atoms with E-state index in [1.165, 1.54) is 18.9 Å². The van der Waals surface area contributed by atoms with Gasteiger partial charge in [-0.1, -0.05) is 25.8 Å². The molecular formula is C19H23N3O3. The molecule has 1 aromatic heterocycles. The molecule has 1 aromatic carbocycles. The van der Waals surface area contributed by atoms with Crippen LogP contribution in [0.15, 0.2) is 47.3 Å². The van der Waals surface area contributed by atoms with Crippen LogP contribution in [0, 0.1) is 5.92 Å². The first-order valence-electron chi connectivity index (χ1n) is 8.63. The zero-order valence-corrected chi connectivity index (χ0v) is 14.2. The van der Waals surface area contributed by atoms with Crippen LogP contribution in [0.3, 0.4) is 0 Å². The maximum absolute atomic E-state index is 12.2. The van der Waals surface area contributed by atoms with Gasteiger partial charge >= 0.3 is 6.03 Å². The summed E-state index contributed by atoms with van der Waals surface area (Å²) < 4.78 is 4.90. The predicted octanol–water partition coefficient (Wildman–Crippen LogP) is 4.23. The second-order valence-electron chi connectivity index (χ2n) is 6.51. The number of hydrogen-bond donors (Lipinski definition) is 3. The first-order valence-corrected chi connectivity index (χ1v) is 8.63. The molecule has 2 unspecified atom stereocenters. The van der Waals surface area contributed by atoms with Gasteiger partial charge in [0.1, 0.15) is 6.26 Å². The third-order valence-corrected chi connectivity index (χ3v) is 4.59. The molecule has 0 aliphatic heterocycles. The highest BCUT2D eigenvalue weighted by molar-refractivity contribution is 6.04. The maximum Gasteiger partial charge on any atom is 0.319 e. The van der Waals surface area contributed by atoms with E-state index in [9.17, 15) is 9.59 Å². The van der Waals surface area contributed by atoms with Crippen LogP contribution in [-0.4, -0.2) is 18.0 Å². The molecule has 0 spiro atoms. The molecule has 1 aliphatic rings. The van der Waals surface area contributed by atoms with Gasteiger partial charge in [0, 0.05) is 17.4 Å². The van der Waals surface area contributed by atoms with E-state index in [4.69, 9.17) is 4.42 Å². The van der Waals surface area contributed by atoms with Gasteiger partial charge < -0.3 is 20.4 Å². The summed E-state index contributed by atoms with van der Waals surface area (Å²) >= 11 is 0. The Kier molecular flexibility index (Phi) is 5.38. The van der Waals surface area contributed by atoms with Crippen LogP contribution in [0.4, 0.5) is 16.2 Å². The lowest BCUT2D eigenvalue weighted by molar-refractivity contribution is 0.102. The molecule has 0 saturated heterocycles. The molecule has 132 valence electrons. The van der Waals surface area contributed by atoms with Crippen LogP contribution >= 0.6 is 0 Å². The number of carbonyl (C=O) groups excluding carboxylic acids is 2. The number of furan rings is 1. The van der Waals surface area contributed by atoms with Gasteiger partial charge in [0.05, 0.1) is 11.8 Å². The highest BCUT2D eigenvalue weighted by Crippen LogP contribution is 2.24. The van der Waals surface area contributed by atoms with Crippen molar-refractivity contribution in [3.05, 3.63) is 48.4 Å². The van der Waals surface area contributed by atoms with Crippen molar-refractivity contribution < 1.29 is 14.0 Å². The minimum atomic E-state index is -0.258. The quantitative estimate of drug-likeness (QED) is 0.778. The Balaban J connectivity index is 1.57. The highest BCUT2D eigenvalue weighted by Gasteiger charge is 2.22. The normalized spacial score (nSPS) is 19.9. The molecule has 1 saturated carbocycles. The molecule has 3 rings (SSSR count). The van der Waals surface area contributed by atoms with Crippen LogP contribution in [0.1, 0.15) is 43.0 Å². The fourth-order valence-electron chi connectivity index (χ4n) is 3.14. The molecule has 25 heavy (non-hydrogen) atoms. The zero-order valence-electron chi connectivity index (χ0n) is 14.2. The Bertz CT molecular complexity index is 727. The number of amides is 3. The summed E-state index contributed by atoms with van der Waals surface area (Å²) in [6, 6.07) is 8.67. The summed E-state index contributed by atoms with van der Waals surface area (Å²) in [5, 5.41) is 8.66. The second kappa shape index (κ2) is 7.88. The van der Waals surface area contributed by atoms with Crippen molar-refractivity contribution in [2.24, 2.45) is 5.92 Å². The average molecular weight is 341 g/mol.